The molecule has 2 saturated heterocycles. The highest BCUT2D eigenvalue weighted by molar-refractivity contribution is 5.73. The number of carbonyl (C=O) groups is 1. The second kappa shape index (κ2) is 12.0. The zero-order valence-electron chi connectivity index (χ0n) is 22.1. The van der Waals surface area contributed by atoms with Gasteiger partial charge in [-0.25, -0.2) is 14.4 Å². The minimum atomic E-state index is -0.651. The predicted octanol–water partition coefficient (Wildman–Crippen LogP) is 4.93. The highest BCUT2D eigenvalue weighted by atomic mass is 19.1. The van der Waals surface area contributed by atoms with E-state index in [-0.39, 0.29) is 11.9 Å². The Hall–Kier alpha value is -2.38. The maximum absolute atomic E-state index is 13.0. The molecular formula is C30H41FN4O2. The lowest BCUT2D eigenvalue weighted by Crippen LogP contribution is -2.41. The van der Waals surface area contributed by atoms with E-state index < -0.39 is 5.97 Å². The van der Waals surface area contributed by atoms with Crippen LogP contribution < -0.4 is 0 Å². The van der Waals surface area contributed by atoms with Crippen molar-refractivity contribution in [1.29, 1.82) is 0 Å². The molecule has 1 N–H and O–H groups in total. The normalized spacial score (nSPS) is 24.4. The number of halogens is 1. The van der Waals surface area contributed by atoms with Gasteiger partial charge in [0.1, 0.15) is 11.9 Å². The third-order valence-corrected chi connectivity index (χ3v) is 8.81. The molecule has 0 amide bonds. The number of hydrogen-bond donors (Lipinski definition) is 1. The summed E-state index contributed by atoms with van der Waals surface area (Å²) in [4.78, 5) is 25.3. The van der Waals surface area contributed by atoms with Crippen LogP contribution in [0.1, 0.15) is 67.8 Å². The van der Waals surface area contributed by atoms with Gasteiger partial charge in [-0.15, -0.1) is 0 Å². The molecule has 3 fully saturated rings. The molecule has 0 radical (unpaired) electrons. The van der Waals surface area contributed by atoms with E-state index in [4.69, 9.17) is 0 Å². The molecule has 3 atom stereocenters. The summed E-state index contributed by atoms with van der Waals surface area (Å²) in [6, 6.07) is 8.48. The summed E-state index contributed by atoms with van der Waals surface area (Å²) in [6.07, 6.45) is 11.1. The van der Waals surface area contributed by atoms with E-state index in [1.54, 1.807) is 0 Å². The Morgan fingerprint density at radius 3 is 2.54 bits per heavy atom. The summed E-state index contributed by atoms with van der Waals surface area (Å²) in [5, 5.41) is 10.0. The third-order valence-electron chi connectivity index (χ3n) is 8.81. The average molecular weight is 509 g/mol. The Bertz CT molecular complexity index is 1040. The first-order valence-corrected chi connectivity index (χ1v) is 14.2. The number of aliphatic carboxylic acids is 1. The topological polar surface area (TPSA) is 69.6 Å². The van der Waals surface area contributed by atoms with E-state index in [1.165, 1.54) is 55.6 Å². The molecule has 0 bridgehead atoms. The van der Waals surface area contributed by atoms with E-state index in [0.29, 0.717) is 17.8 Å². The Labute approximate surface area is 220 Å². The van der Waals surface area contributed by atoms with Gasteiger partial charge < -0.3 is 10.0 Å². The van der Waals surface area contributed by atoms with E-state index in [1.807, 2.05) is 0 Å². The summed E-state index contributed by atoms with van der Waals surface area (Å²) in [6.45, 7) is 7.13. The van der Waals surface area contributed by atoms with Gasteiger partial charge in [-0.3, -0.25) is 9.69 Å². The van der Waals surface area contributed by atoms with E-state index in [2.05, 4.69) is 51.0 Å². The van der Waals surface area contributed by atoms with Crippen molar-refractivity contribution in [2.45, 2.75) is 70.3 Å². The summed E-state index contributed by atoms with van der Waals surface area (Å²) in [5.74, 6) is 1.86. The van der Waals surface area contributed by atoms with Crippen LogP contribution in [0.25, 0.3) is 0 Å². The van der Waals surface area contributed by atoms with Crippen molar-refractivity contribution in [1.82, 2.24) is 19.8 Å². The van der Waals surface area contributed by atoms with Crippen molar-refractivity contribution in [3.05, 3.63) is 59.4 Å². The quantitative estimate of drug-likeness (QED) is 0.464. The predicted molar refractivity (Wildman–Crippen MR) is 142 cm³/mol. The Balaban J connectivity index is 1.16. The zero-order chi connectivity index (χ0) is 25.8. The average Bonchev–Trinajstić information content (AvgIpc) is 3.62. The second-order valence-corrected chi connectivity index (χ2v) is 11.7. The van der Waals surface area contributed by atoms with Crippen molar-refractivity contribution in [3.63, 3.8) is 0 Å². The summed E-state index contributed by atoms with van der Waals surface area (Å²) < 4.78 is 13.0. The fourth-order valence-electron chi connectivity index (χ4n) is 6.50. The van der Waals surface area contributed by atoms with Crippen LogP contribution in [-0.2, 0) is 11.2 Å². The second-order valence-electron chi connectivity index (χ2n) is 11.7. The number of rotatable bonds is 11. The van der Waals surface area contributed by atoms with Crippen molar-refractivity contribution >= 4 is 5.97 Å². The molecular weight excluding hydrogens is 467 g/mol. The maximum atomic E-state index is 13.0. The molecule has 1 aromatic heterocycles. The minimum Gasteiger partial charge on any atom is -0.480 e. The Kier molecular flexibility index (Phi) is 8.50. The molecule has 2 aliphatic heterocycles. The van der Waals surface area contributed by atoms with Gasteiger partial charge >= 0.3 is 5.97 Å². The van der Waals surface area contributed by atoms with Crippen molar-refractivity contribution in [3.8, 4) is 0 Å². The number of aryl methyl sites for hydroxylation is 2. The van der Waals surface area contributed by atoms with Crippen LogP contribution in [0.4, 0.5) is 4.39 Å². The number of nitrogens with zero attached hydrogens (tertiary/aromatic N) is 4. The van der Waals surface area contributed by atoms with Crippen LogP contribution in [-0.4, -0.2) is 69.6 Å². The fraction of sp³-hybridized carbons (Fsp3) is 0.633. The van der Waals surface area contributed by atoms with Crippen molar-refractivity contribution < 1.29 is 14.3 Å². The molecule has 3 heterocycles. The van der Waals surface area contributed by atoms with Crippen LogP contribution >= 0.6 is 0 Å². The van der Waals surface area contributed by atoms with Gasteiger partial charge in [0.25, 0.3) is 0 Å². The molecule has 37 heavy (non-hydrogen) atoms. The van der Waals surface area contributed by atoms with Crippen LogP contribution in [0.5, 0.6) is 0 Å². The lowest BCUT2D eigenvalue weighted by molar-refractivity contribution is -0.143. The molecule has 3 aliphatic rings. The van der Waals surface area contributed by atoms with Crippen molar-refractivity contribution in [2.75, 3.05) is 32.7 Å². The molecule has 1 aromatic carbocycles. The SMILES string of the molecule is Cc1cccc([C@H]2CN([C@H](CC3CC3)C(=O)O)C[C@@H]2CN2CCC(CCCc3ncc(F)cn3)CC2)c1. The van der Waals surface area contributed by atoms with E-state index in [9.17, 15) is 14.3 Å². The van der Waals surface area contributed by atoms with Crippen LogP contribution in [0.15, 0.2) is 36.7 Å². The van der Waals surface area contributed by atoms with Crippen molar-refractivity contribution in [2.24, 2.45) is 17.8 Å². The summed E-state index contributed by atoms with van der Waals surface area (Å²) in [7, 11) is 0. The maximum Gasteiger partial charge on any atom is 0.320 e. The molecule has 0 spiro atoms. The molecule has 7 heteroatoms. The molecule has 0 unspecified atom stereocenters. The smallest absolute Gasteiger partial charge is 0.320 e. The molecule has 1 aliphatic carbocycles. The van der Waals surface area contributed by atoms with E-state index >= 15 is 0 Å². The highest BCUT2D eigenvalue weighted by Gasteiger charge is 2.42. The van der Waals surface area contributed by atoms with Gasteiger partial charge in [-0.2, -0.15) is 0 Å². The first-order valence-electron chi connectivity index (χ1n) is 14.2. The third kappa shape index (κ3) is 7.14. The fourth-order valence-corrected chi connectivity index (χ4v) is 6.50. The number of hydrogen-bond acceptors (Lipinski definition) is 5. The molecule has 2 aromatic rings. The van der Waals surface area contributed by atoms with Gasteiger partial charge in [0.05, 0.1) is 12.4 Å². The molecule has 6 nitrogen and oxygen atoms in total. The first-order chi connectivity index (χ1) is 17.9. The lowest BCUT2D eigenvalue weighted by atomic mass is 9.86. The number of piperidine rings is 1. The molecule has 5 rings (SSSR count). The number of aromatic nitrogens is 2. The van der Waals surface area contributed by atoms with Crippen LogP contribution in [0.2, 0.25) is 0 Å². The number of carboxylic acids is 1. The largest absolute Gasteiger partial charge is 0.480 e. The van der Waals surface area contributed by atoms with Gasteiger partial charge in [-0.05, 0) is 75.4 Å². The standard InChI is InChI=1S/C30H41FN4O2/c1-21-4-2-6-24(14-21)27-20-35(28(30(36)37)15-23-8-9-23)19-25(27)18-34-12-10-22(11-13-34)5-3-7-29-32-16-26(31)17-33-29/h2,4,6,14,16-17,22-23,25,27-28H,3,5,7-13,15,18-20H2,1H3,(H,36,37)/t25-,27+,28+/m0/s1. The monoisotopic (exact) mass is 508 g/mol. The summed E-state index contributed by atoms with van der Waals surface area (Å²) >= 11 is 0. The molecule has 1 saturated carbocycles. The van der Waals surface area contributed by atoms with E-state index in [0.717, 1.165) is 63.7 Å². The van der Waals surface area contributed by atoms with Crippen LogP contribution in [0, 0.1) is 30.5 Å². The number of carboxylic acid groups (broad SMARTS) is 1. The van der Waals surface area contributed by atoms with Gasteiger partial charge in [0, 0.05) is 32.0 Å². The first kappa shape index (κ1) is 26.2. The number of benzene rings is 1. The van der Waals surface area contributed by atoms with Crippen LogP contribution in [0.3, 0.4) is 0 Å². The van der Waals surface area contributed by atoms with Gasteiger partial charge in [-0.1, -0.05) is 42.7 Å². The number of likely N-dealkylation sites (tertiary alicyclic amines) is 2. The van der Waals surface area contributed by atoms with Gasteiger partial charge in [0.15, 0.2) is 5.82 Å². The lowest BCUT2D eigenvalue weighted by Gasteiger charge is -2.35. The molecule has 200 valence electrons. The zero-order valence-corrected chi connectivity index (χ0v) is 22.1. The van der Waals surface area contributed by atoms with Gasteiger partial charge in [0.2, 0.25) is 0 Å². The minimum absolute atomic E-state index is 0.347. The Morgan fingerprint density at radius 2 is 1.86 bits per heavy atom. The highest BCUT2D eigenvalue weighted by Crippen LogP contribution is 2.39. The summed E-state index contributed by atoms with van der Waals surface area (Å²) in [5.41, 5.74) is 2.63. The Morgan fingerprint density at radius 1 is 1.11 bits per heavy atom.